The number of allylic oxidation sites excluding steroid dienone is 1. The Hall–Kier alpha value is -3.14. The van der Waals surface area contributed by atoms with Crippen molar-refractivity contribution in [2.75, 3.05) is 6.61 Å². The van der Waals surface area contributed by atoms with Crippen molar-refractivity contribution in [1.82, 2.24) is 5.43 Å². The zero-order chi connectivity index (χ0) is 15.7. The van der Waals surface area contributed by atoms with Gasteiger partial charge < -0.3 is 10.5 Å². The maximum atomic E-state index is 11.6. The average Bonchev–Trinajstić information content (AvgIpc) is 2.48. The normalized spacial score (nSPS) is 11.4. The zero-order valence-corrected chi connectivity index (χ0v) is 11.4. The monoisotopic (exact) mass is 286 g/mol. The van der Waals surface area contributed by atoms with Crippen LogP contribution in [0.2, 0.25) is 0 Å². The van der Waals surface area contributed by atoms with E-state index in [0.717, 1.165) is 0 Å². The summed E-state index contributed by atoms with van der Waals surface area (Å²) in [5.74, 6) is -0.761. The van der Waals surface area contributed by atoms with Crippen molar-refractivity contribution in [1.29, 1.82) is 5.26 Å². The SMILES string of the molecule is CCOC(=O)/C(C#N)=C/C(=N\NC(N)=O)c1ccccc1. The van der Waals surface area contributed by atoms with Gasteiger partial charge in [-0.25, -0.2) is 15.0 Å². The van der Waals surface area contributed by atoms with Crippen molar-refractivity contribution in [3.05, 3.63) is 47.5 Å². The van der Waals surface area contributed by atoms with E-state index in [1.165, 1.54) is 6.08 Å². The molecule has 0 radical (unpaired) electrons. The topological polar surface area (TPSA) is 118 Å². The lowest BCUT2D eigenvalue weighted by molar-refractivity contribution is -0.138. The molecule has 1 aromatic rings. The molecule has 1 rings (SSSR count). The first-order valence-corrected chi connectivity index (χ1v) is 6.06. The summed E-state index contributed by atoms with van der Waals surface area (Å²) in [6.45, 7) is 1.78. The van der Waals surface area contributed by atoms with Gasteiger partial charge in [0.05, 0.1) is 12.3 Å². The Balaban J connectivity index is 3.19. The maximum absolute atomic E-state index is 11.6. The molecule has 0 atom stereocenters. The number of esters is 1. The summed E-state index contributed by atoms with van der Waals surface area (Å²) in [4.78, 5) is 22.4. The Bertz CT molecular complexity index is 615. The molecule has 0 saturated heterocycles. The number of nitrogens with two attached hydrogens (primary N) is 1. The fourth-order valence-corrected chi connectivity index (χ4v) is 1.39. The molecule has 0 spiro atoms. The molecule has 0 aromatic heterocycles. The van der Waals surface area contributed by atoms with E-state index in [1.54, 1.807) is 43.3 Å². The van der Waals surface area contributed by atoms with Crippen LogP contribution in [0.1, 0.15) is 12.5 Å². The van der Waals surface area contributed by atoms with Gasteiger partial charge in [-0.3, -0.25) is 0 Å². The molecule has 2 amide bonds. The molecular weight excluding hydrogens is 272 g/mol. The number of hydrazone groups is 1. The highest BCUT2D eigenvalue weighted by Gasteiger charge is 2.12. The van der Waals surface area contributed by atoms with Crippen LogP contribution in [0.5, 0.6) is 0 Å². The number of nitrogens with one attached hydrogen (secondary N) is 1. The number of hydrogen-bond acceptors (Lipinski definition) is 5. The Morgan fingerprint density at radius 1 is 1.43 bits per heavy atom. The Morgan fingerprint density at radius 2 is 2.10 bits per heavy atom. The summed E-state index contributed by atoms with van der Waals surface area (Å²) < 4.78 is 4.76. The van der Waals surface area contributed by atoms with Crippen LogP contribution in [-0.4, -0.2) is 24.3 Å². The number of amides is 2. The van der Waals surface area contributed by atoms with Gasteiger partial charge in [-0.15, -0.1) is 0 Å². The molecule has 0 aliphatic rings. The standard InChI is InChI=1S/C14H14N4O3/c1-2-21-13(19)11(9-15)8-12(17-18-14(16)20)10-6-4-3-5-7-10/h3-8H,2H2,1H3,(H3,16,18,20)/b11-8+,17-12+. The third-order valence-corrected chi connectivity index (χ3v) is 2.25. The molecule has 108 valence electrons. The largest absolute Gasteiger partial charge is 0.462 e. The van der Waals surface area contributed by atoms with Crippen LogP contribution in [0.4, 0.5) is 4.79 Å². The van der Waals surface area contributed by atoms with Crippen molar-refractivity contribution in [2.24, 2.45) is 10.8 Å². The lowest BCUT2D eigenvalue weighted by atomic mass is 10.1. The summed E-state index contributed by atoms with van der Waals surface area (Å²) in [5.41, 5.74) is 7.60. The number of rotatable bonds is 5. The minimum absolute atomic E-state index is 0.148. The highest BCUT2D eigenvalue weighted by Crippen LogP contribution is 2.06. The van der Waals surface area contributed by atoms with E-state index >= 15 is 0 Å². The number of nitriles is 1. The van der Waals surface area contributed by atoms with Gasteiger partial charge >= 0.3 is 12.0 Å². The Labute approximate surface area is 121 Å². The number of primary amides is 1. The van der Waals surface area contributed by atoms with Crippen LogP contribution in [-0.2, 0) is 9.53 Å². The highest BCUT2D eigenvalue weighted by atomic mass is 16.5. The molecule has 0 unspecified atom stereocenters. The van der Waals surface area contributed by atoms with Crippen LogP contribution in [0.15, 0.2) is 47.1 Å². The van der Waals surface area contributed by atoms with Crippen molar-refractivity contribution in [3.63, 3.8) is 0 Å². The first-order valence-electron chi connectivity index (χ1n) is 6.06. The third kappa shape index (κ3) is 5.16. The minimum atomic E-state index is -0.855. The van der Waals surface area contributed by atoms with E-state index in [0.29, 0.717) is 5.56 Å². The van der Waals surface area contributed by atoms with Crippen molar-refractivity contribution < 1.29 is 14.3 Å². The fraction of sp³-hybridized carbons (Fsp3) is 0.143. The molecule has 0 aliphatic carbocycles. The number of hydrogen-bond donors (Lipinski definition) is 2. The second-order valence-electron chi connectivity index (χ2n) is 3.73. The van der Waals surface area contributed by atoms with Crippen LogP contribution in [0, 0.1) is 11.3 Å². The van der Waals surface area contributed by atoms with E-state index in [-0.39, 0.29) is 17.9 Å². The summed E-state index contributed by atoms with van der Waals surface area (Å²) in [5, 5.41) is 12.8. The van der Waals surface area contributed by atoms with Crippen LogP contribution < -0.4 is 11.2 Å². The first kappa shape index (κ1) is 15.9. The van der Waals surface area contributed by atoms with Gasteiger partial charge in [0.15, 0.2) is 0 Å². The molecule has 0 bridgehead atoms. The third-order valence-electron chi connectivity index (χ3n) is 2.25. The highest BCUT2D eigenvalue weighted by molar-refractivity contribution is 6.13. The van der Waals surface area contributed by atoms with E-state index in [4.69, 9.17) is 15.7 Å². The lowest BCUT2D eigenvalue weighted by Crippen LogP contribution is -2.26. The number of benzene rings is 1. The van der Waals surface area contributed by atoms with Crippen molar-refractivity contribution in [3.8, 4) is 6.07 Å². The van der Waals surface area contributed by atoms with Gasteiger partial charge in [-0.2, -0.15) is 10.4 Å². The van der Waals surface area contributed by atoms with Crippen molar-refractivity contribution in [2.45, 2.75) is 6.92 Å². The number of carbonyl (C=O) groups excluding carboxylic acids is 2. The average molecular weight is 286 g/mol. The van der Waals surface area contributed by atoms with Gasteiger partial charge in [-0.1, -0.05) is 30.3 Å². The van der Waals surface area contributed by atoms with Crippen LogP contribution in [0.25, 0.3) is 0 Å². The molecule has 0 heterocycles. The summed E-state index contributed by atoms with van der Waals surface area (Å²) >= 11 is 0. The molecule has 1 aromatic carbocycles. The van der Waals surface area contributed by atoms with Gasteiger partial charge in [0.25, 0.3) is 0 Å². The predicted octanol–water partition coefficient (Wildman–Crippen LogP) is 1.07. The molecule has 21 heavy (non-hydrogen) atoms. The zero-order valence-electron chi connectivity index (χ0n) is 11.4. The van der Waals surface area contributed by atoms with E-state index in [2.05, 4.69) is 10.5 Å². The smallest absolute Gasteiger partial charge is 0.348 e. The summed E-state index contributed by atoms with van der Waals surface area (Å²) in [6, 6.07) is 9.59. The van der Waals surface area contributed by atoms with E-state index < -0.39 is 12.0 Å². The Kier molecular flexibility index (Phi) is 6.15. The second kappa shape index (κ2) is 8.12. The van der Waals surface area contributed by atoms with Gasteiger partial charge in [-0.05, 0) is 13.0 Å². The van der Waals surface area contributed by atoms with Gasteiger partial charge in [0.1, 0.15) is 11.6 Å². The summed E-state index contributed by atoms with van der Waals surface area (Å²) in [6.07, 6.45) is 1.23. The fourth-order valence-electron chi connectivity index (χ4n) is 1.39. The number of urea groups is 1. The van der Waals surface area contributed by atoms with Gasteiger partial charge in [0, 0.05) is 5.56 Å². The molecular formula is C14H14N4O3. The Morgan fingerprint density at radius 3 is 2.62 bits per heavy atom. The summed E-state index contributed by atoms with van der Waals surface area (Å²) in [7, 11) is 0. The number of carbonyl (C=O) groups is 2. The van der Waals surface area contributed by atoms with E-state index in [1.807, 2.05) is 0 Å². The molecule has 7 heteroatoms. The second-order valence-corrected chi connectivity index (χ2v) is 3.73. The van der Waals surface area contributed by atoms with Gasteiger partial charge in [0.2, 0.25) is 0 Å². The molecule has 3 N–H and O–H groups in total. The molecule has 0 aliphatic heterocycles. The molecule has 0 fully saturated rings. The van der Waals surface area contributed by atoms with Crippen LogP contribution in [0.3, 0.4) is 0 Å². The molecule has 0 saturated carbocycles. The maximum Gasteiger partial charge on any atom is 0.348 e. The number of ether oxygens (including phenoxy) is 1. The van der Waals surface area contributed by atoms with Crippen molar-refractivity contribution >= 4 is 17.7 Å². The van der Waals surface area contributed by atoms with E-state index in [9.17, 15) is 9.59 Å². The quantitative estimate of drug-likeness (QED) is 0.277. The first-order chi connectivity index (χ1) is 10.1. The number of nitrogens with zero attached hydrogens (tertiary/aromatic N) is 2. The molecule has 7 nitrogen and oxygen atoms in total. The minimum Gasteiger partial charge on any atom is -0.462 e. The van der Waals surface area contributed by atoms with Crippen LogP contribution >= 0.6 is 0 Å². The predicted molar refractivity (Wildman–Crippen MR) is 76.0 cm³/mol. The lowest BCUT2D eigenvalue weighted by Gasteiger charge is -2.04.